The lowest BCUT2D eigenvalue weighted by Crippen LogP contribution is -2.38. The summed E-state index contributed by atoms with van der Waals surface area (Å²) in [7, 11) is -2.08. The van der Waals surface area contributed by atoms with Crippen molar-refractivity contribution < 1.29 is 17.9 Å². The maximum atomic E-state index is 12.9. The van der Waals surface area contributed by atoms with Crippen molar-refractivity contribution in [2.45, 2.75) is 49.5 Å². The number of amides is 1. The first-order chi connectivity index (χ1) is 12.0. The normalized spacial score (nSPS) is 28.8. The van der Waals surface area contributed by atoms with Crippen LogP contribution in [-0.4, -0.2) is 34.0 Å². The van der Waals surface area contributed by atoms with Crippen molar-refractivity contribution in [2.75, 3.05) is 18.6 Å². The number of sulfonamides is 1. The number of benzene rings is 1. The highest BCUT2D eigenvalue weighted by molar-refractivity contribution is 7.89. The van der Waals surface area contributed by atoms with E-state index in [2.05, 4.69) is 4.72 Å². The molecule has 25 heavy (non-hydrogen) atoms. The van der Waals surface area contributed by atoms with E-state index >= 15 is 0 Å². The van der Waals surface area contributed by atoms with E-state index in [-0.39, 0.29) is 16.8 Å². The monoisotopic (exact) mass is 364 g/mol. The highest BCUT2D eigenvalue weighted by atomic mass is 32.2. The van der Waals surface area contributed by atoms with Gasteiger partial charge in [-0.15, -0.1) is 0 Å². The van der Waals surface area contributed by atoms with Gasteiger partial charge in [0.1, 0.15) is 5.75 Å². The highest BCUT2D eigenvalue weighted by Crippen LogP contribution is 2.45. The van der Waals surface area contributed by atoms with Gasteiger partial charge >= 0.3 is 0 Å². The molecule has 1 heterocycles. The first kappa shape index (κ1) is 16.8. The van der Waals surface area contributed by atoms with Gasteiger partial charge in [0, 0.05) is 19.0 Å². The number of methoxy groups -OCH3 is 1. The number of fused-ring (bicyclic) bond motifs is 2. The number of nitrogens with one attached hydrogen (secondary N) is 1. The molecule has 7 heteroatoms. The molecule has 3 fully saturated rings. The summed E-state index contributed by atoms with van der Waals surface area (Å²) in [5, 5.41) is 0. The van der Waals surface area contributed by atoms with E-state index in [4.69, 9.17) is 4.74 Å². The molecule has 1 aromatic rings. The zero-order chi connectivity index (χ0) is 17.6. The molecule has 3 aliphatic rings. The second-order valence-corrected chi connectivity index (χ2v) is 9.10. The minimum atomic E-state index is -3.60. The van der Waals surface area contributed by atoms with Gasteiger partial charge in [0.05, 0.1) is 17.7 Å². The van der Waals surface area contributed by atoms with Crippen LogP contribution < -0.4 is 14.4 Å². The molecule has 2 bridgehead atoms. The first-order valence-corrected chi connectivity index (χ1v) is 10.5. The average Bonchev–Trinajstić information content (AvgIpc) is 3.30. The average molecular weight is 364 g/mol. The van der Waals surface area contributed by atoms with Gasteiger partial charge in [0.25, 0.3) is 0 Å². The Morgan fingerprint density at radius 2 is 2.08 bits per heavy atom. The summed E-state index contributed by atoms with van der Waals surface area (Å²) in [5.41, 5.74) is 0.542. The largest absolute Gasteiger partial charge is 0.495 e. The summed E-state index contributed by atoms with van der Waals surface area (Å²) in [6.45, 7) is 0.596. The third-order valence-electron chi connectivity index (χ3n) is 5.87. The zero-order valence-corrected chi connectivity index (χ0v) is 15.2. The molecule has 3 unspecified atom stereocenters. The van der Waals surface area contributed by atoms with Gasteiger partial charge in [-0.1, -0.05) is 6.42 Å². The number of rotatable bonds is 5. The number of anilines is 1. The van der Waals surface area contributed by atoms with Crippen molar-refractivity contribution in [3.05, 3.63) is 18.2 Å². The van der Waals surface area contributed by atoms with Crippen LogP contribution in [0.3, 0.4) is 0 Å². The van der Waals surface area contributed by atoms with Crippen LogP contribution in [0.15, 0.2) is 23.1 Å². The molecule has 1 amide bonds. The molecule has 1 saturated heterocycles. The molecule has 4 rings (SSSR count). The molecule has 6 nitrogen and oxygen atoms in total. The van der Waals surface area contributed by atoms with Crippen LogP contribution in [-0.2, 0) is 14.8 Å². The zero-order valence-electron chi connectivity index (χ0n) is 14.4. The fourth-order valence-corrected chi connectivity index (χ4v) is 5.94. The second kappa shape index (κ2) is 6.29. The van der Waals surface area contributed by atoms with Crippen LogP contribution >= 0.6 is 0 Å². The third-order valence-corrected chi connectivity index (χ3v) is 7.36. The predicted molar refractivity (Wildman–Crippen MR) is 94.1 cm³/mol. The number of hydrogen-bond donors (Lipinski definition) is 1. The summed E-state index contributed by atoms with van der Waals surface area (Å²) >= 11 is 0. The molecular weight excluding hydrogens is 340 g/mol. The van der Waals surface area contributed by atoms with Crippen LogP contribution in [0, 0.1) is 11.8 Å². The van der Waals surface area contributed by atoms with Crippen molar-refractivity contribution in [1.82, 2.24) is 4.72 Å². The standard InChI is InChI=1S/C18H24N2O4S/c1-24-17-7-6-14(11-16(17)20-8-2-3-18(20)21)25(22,23)19-15-10-12-4-5-13(15)9-12/h6-7,11-13,15,19H,2-5,8-10H2,1H3. The number of carbonyl (C=O) groups excluding carboxylic acids is 1. The van der Waals surface area contributed by atoms with Gasteiger partial charge in [-0.05, 0) is 55.7 Å². The van der Waals surface area contributed by atoms with Crippen molar-refractivity contribution in [3.8, 4) is 5.75 Å². The lowest BCUT2D eigenvalue weighted by molar-refractivity contribution is -0.117. The summed E-state index contributed by atoms with van der Waals surface area (Å²) in [5.74, 6) is 1.67. The van der Waals surface area contributed by atoms with Crippen LogP contribution in [0.25, 0.3) is 0 Å². The summed E-state index contributed by atoms with van der Waals surface area (Å²) in [4.78, 5) is 13.9. The molecule has 136 valence electrons. The second-order valence-electron chi connectivity index (χ2n) is 7.39. The van der Waals surface area contributed by atoms with Crippen LogP contribution in [0.1, 0.15) is 38.5 Å². The molecule has 1 aromatic carbocycles. The molecular formula is C18H24N2O4S. The van der Waals surface area contributed by atoms with E-state index in [1.54, 1.807) is 23.1 Å². The maximum Gasteiger partial charge on any atom is 0.240 e. The smallest absolute Gasteiger partial charge is 0.240 e. The Kier molecular flexibility index (Phi) is 4.24. The Hall–Kier alpha value is -1.60. The minimum absolute atomic E-state index is 0.00825. The quantitative estimate of drug-likeness (QED) is 0.870. The predicted octanol–water partition coefficient (Wildman–Crippen LogP) is 2.29. The fourth-order valence-electron chi connectivity index (χ4n) is 4.61. The van der Waals surface area contributed by atoms with Gasteiger partial charge in [-0.2, -0.15) is 0 Å². The van der Waals surface area contributed by atoms with Crippen molar-refractivity contribution >= 4 is 21.6 Å². The van der Waals surface area contributed by atoms with Gasteiger partial charge in [0.15, 0.2) is 0 Å². The van der Waals surface area contributed by atoms with Crippen molar-refractivity contribution in [3.63, 3.8) is 0 Å². The lowest BCUT2D eigenvalue weighted by Gasteiger charge is -2.24. The van der Waals surface area contributed by atoms with Gasteiger partial charge in [-0.3, -0.25) is 4.79 Å². The van der Waals surface area contributed by atoms with Crippen molar-refractivity contribution in [1.29, 1.82) is 0 Å². The Labute approximate surface area is 148 Å². The van der Waals surface area contributed by atoms with E-state index in [1.165, 1.54) is 13.5 Å². The SMILES string of the molecule is COc1ccc(S(=O)(=O)NC2CC3CCC2C3)cc1N1CCCC1=O. The summed E-state index contributed by atoms with van der Waals surface area (Å²) in [6, 6.07) is 4.80. The fraction of sp³-hybridized carbons (Fsp3) is 0.611. The summed E-state index contributed by atoms with van der Waals surface area (Å²) in [6.07, 6.45) is 5.70. The molecule has 3 atom stereocenters. The number of hydrogen-bond acceptors (Lipinski definition) is 4. The Morgan fingerprint density at radius 1 is 1.24 bits per heavy atom. The molecule has 2 saturated carbocycles. The Morgan fingerprint density at radius 3 is 2.68 bits per heavy atom. The molecule has 1 N–H and O–H groups in total. The van der Waals surface area contributed by atoms with Gasteiger partial charge in [-0.25, -0.2) is 13.1 Å². The van der Waals surface area contributed by atoms with Gasteiger partial charge < -0.3 is 9.64 Å². The summed E-state index contributed by atoms with van der Waals surface area (Å²) < 4.78 is 34.0. The van der Waals surface area contributed by atoms with Crippen LogP contribution in [0.4, 0.5) is 5.69 Å². The molecule has 0 radical (unpaired) electrons. The highest BCUT2D eigenvalue weighted by Gasteiger charge is 2.41. The van der Waals surface area contributed by atoms with E-state index in [9.17, 15) is 13.2 Å². The molecule has 2 aliphatic carbocycles. The van der Waals surface area contributed by atoms with Gasteiger partial charge in [0.2, 0.25) is 15.9 Å². The third kappa shape index (κ3) is 3.04. The number of carbonyl (C=O) groups is 1. The Balaban J connectivity index is 1.62. The lowest BCUT2D eigenvalue weighted by atomic mass is 9.96. The molecule has 1 aliphatic heterocycles. The molecule has 0 aromatic heterocycles. The van der Waals surface area contributed by atoms with Crippen LogP contribution in [0.2, 0.25) is 0 Å². The molecule has 0 spiro atoms. The van der Waals surface area contributed by atoms with Crippen LogP contribution in [0.5, 0.6) is 5.75 Å². The number of ether oxygens (including phenoxy) is 1. The number of nitrogens with zero attached hydrogens (tertiary/aromatic N) is 1. The van der Waals surface area contributed by atoms with Crippen molar-refractivity contribution in [2.24, 2.45) is 11.8 Å². The van der Waals surface area contributed by atoms with E-state index in [0.29, 0.717) is 36.2 Å². The van der Waals surface area contributed by atoms with E-state index in [0.717, 1.165) is 25.7 Å². The Bertz CT molecular complexity index is 792. The minimum Gasteiger partial charge on any atom is -0.495 e. The van der Waals surface area contributed by atoms with E-state index < -0.39 is 10.0 Å². The van der Waals surface area contributed by atoms with E-state index in [1.807, 2.05) is 0 Å². The maximum absolute atomic E-state index is 12.9. The topological polar surface area (TPSA) is 75.7 Å². The first-order valence-electron chi connectivity index (χ1n) is 8.98.